The summed E-state index contributed by atoms with van der Waals surface area (Å²) < 4.78 is 53.4. The minimum Gasteiger partial charge on any atom is -0.336 e. The third kappa shape index (κ3) is 6.40. The van der Waals surface area contributed by atoms with Gasteiger partial charge in [0.15, 0.2) is 5.82 Å². The molecule has 0 spiro atoms. The molecular weight excluding hydrogens is 608 g/mol. The summed E-state index contributed by atoms with van der Waals surface area (Å²) in [6.45, 7) is 1.64. The number of benzene rings is 2. The number of hydrogen-bond donors (Lipinski definition) is 3. The molecule has 1 fully saturated rings. The lowest BCUT2D eigenvalue weighted by Gasteiger charge is -2.11. The maximum absolute atomic E-state index is 15.4. The Bertz CT molecular complexity index is 2170. The van der Waals surface area contributed by atoms with E-state index in [-0.39, 0.29) is 12.2 Å². The molecule has 3 N–H and O–H groups in total. The predicted molar refractivity (Wildman–Crippen MR) is 175 cm³/mol. The fraction of sp³-hybridized carbons (Fsp3) is 0.294. The average molecular weight is 642 g/mol. The van der Waals surface area contributed by atoms with Gasteiger partial charge in [-0.25, -0.2) is 22.2 Å². The SMILES string of the molecule is CS(=O)(=O)CCc1cc(F)cc(-c2nccc3[nH]c(-c4n[nH]c5cc(F)c(-c6cncc(CNCC7CCCC7)c6)cc45)nc23)c1. The van der Waals surface area contributed by atoms with Gasteiger partial charge >= 0.3 is 0 Å². The van der Waals surface area contributed by atoms with Crippen molar-refractivity contribution in [1.29, 1.82) is 0 Å². The van der Waals surface area contributed by atoms with Gasteiger partial charge in [0.1, 0.15) is 32.7 Å². The van der Waals surface area contributed by atoms with Crippen molar-refractivity contribution in [2.24, 2.45) is 5.92 Å². The molecule has 6 aromatic rings. The van der Waals surface area contributed by atoms with Crippen LogP contribution in [0.4, 0.5) is 8.78 Å². The first-order chi connectivity index (χ1) is 22.2. The summed E-state index contributed by atoms with van der Waals surface area (Å²) in [5, 5.41) is 11.6. The van der Waals surface area contributed by atoms with Gasteiger partial charge in [-0.15, -0.1) is 0 Å². The maximum Gasteiger partial charge on any atom is 0.159 e. The minimum absolute atomic E-state index is 0.0907. The molecule has 0 unspecified atom stereocenters. The fourth-order valence-electron chi connectivity index (χ4n) is 6.30. The lowest BCUT2D eigenvalue weighted by molar-refractivity contribution is 0.489. The Labute approximate surface area is 264 Å². The molecule has 1 aliphatic carbocycles. The Hall–Kier alpha value is -4.55. The lowest BCUT2D eigenvalue weighted by atomic mass is 10.0. The number of rotatable bonds is 10. The van der Waals surface area contributed by atoms with Gasteiger partial charge in [-0.05, 0) is 79.3 Å². The molecule has 1 saturated carbocycles. The lowest BCUT2D eigenvalue weighted by Crippen LogP contribution is -2.20. The van der Waals surface area contributed by atoms with E-state index < -0.39 is 21.5 Å². The van der Waals surface area contributed by atoms with Gasteiger partial charge in [0.25, 0.3) is 0 Å². The number of pyridine rings is 2. The highest BCUT2D eigenvalue weighted by molar-refractivity contribution is 7.90. The van der Waals surface area contributed by atoms with E-state index in [1.165, 1.54) is 43.9 Å². The molecule has 0 aliphatic heterocycles. The van der Waals surface area contributed by atoms with Crippen molar-refractivity contribution in [3.8, 4) is 33.9 Å². The number of imidazole rings is 1. The molecule has 0 atom stereocenters. The van der Waals surface area contributed by atoms with Crippen LogP contribution in [-0.2, 0) is 22.8 Å². The van der Waals surface area contributed by atoms with E-state index in [0.717, 1.165) is 24.3 Å². The molecule has 46 heavy (non-hydrogen) atoms. The summed E-state index contributed by atoms with van der Waals surface area (Å²) >= 11 is 0. The summed E-state index contributed by atoms with van der Waals surface area (Å²) in [6, 6.07) is 11.3. The van der Waals surface area contributed by atoms with Crippen LogP contribution in [0.25, 0.3) is 55.8 Å². The molecule has 0 saturated heterocycles. The average Bonchev–Trinajstić information content (AvgIpc) is 3.79. The number of aryl methyl sites for hydroxylation is 1. The Morgan fingerprint density at radius 3 is 2.61 bits per heavy atom. The van der Waals surface area contributed by atoms with Gasteiger partial charge in [-0.3, -0.25) is 15.1 Å². The molecule has 7 rings (SSSR count). The summed E-state index contributed by atoms with van der Waals surface area (Å²) in [6.07, 6.45) is 11.5. The molecule has 236 valence electrons. The number of aromatic amines is 2. The predicted octanol–water partition coefficient (Wildman–Crippen LogP) is 6.38. The van der Waals surface area contributed by atoms with E-state index in [1.807, 2.05) is 6.07 Å². The first-order valence-electron chi connectivity index (χ1n) is 15.4. The smallest absolute Gasteiger partial charge is 0.159 e. The highest BCUT2D eigenvalue weighted by atomic mass is 32.2. The van der Waals surface area contributed by atoms with Gasteiger partial charge in [0.2, 0.25) is 0 Å². The minimum atomic E-state index is -3.22. The zero-order valence-corrected chi connectivity index (χ0v) is 26.1. The molecule has 1 aliphatic rings. The Kier molecular flexibility index (Phi) is 8.07. The quantitative estimate of drug-likeness (QED) is 0.158. The molecule has 0 amide bonds. The van der Waals surface area contributed by atoms with E-state index in [4.69, 9.17) is 4.98 Å². The standard InChI is InChI=1S/C34H33F2N7O2S/c1-46(44,45)9-7-21-10-23(13-25(35)12-21)31-33-29(6-8-39-31)40-34(41-33)32-27-14-26(28(36)15-30(27)42-43-32)24-11-22(18-38-19-24)17-37-16-20-4-2-3-5-20/h6,8,10-15,18-20,37H,2-5,7,9,16-17H2,1H3,(H,40,41)(H,42,43). The van der Waals surface area contributed by atoms with Crippen molar-refractivity contribution in [3.05, 3.63) is 83.8 Å². The Balaban J connectivity index is 1.21. The second-order valence-corrected chi connectivity index (χ2v) is 14.4. The van der Waals surface area contributed by atoms with E-state index >= 15 is 4.39 Å². The van der Waals surface area contributed by atoms with Gasteiger partial charge in [0, 0.05) is 59.5 Å². The molecule has 12 heteroatoms. The zero-order valence-electron chi connectivity index (χ0n) is 25.3. The van der Waals surface area contributed by atoms with Crippen LogP contribution < -0.4 is 5.32 Å². The Morgan fingerprint density at radius 1 is 0.957 bits per heavy atom. The summed E-state index contributed by atoms with van der Waals surface area (Å²) in [5.41, 5.74) is 5.68. The van der Waals surface area contributed by atoms with Crippen molar-refractivity contribution in [3.63, 3.8) is 0 Å². The normalized spacial score (nSPS) is 14.2. The number of nitrogens with zero attached hydrogens (tertiary/aromatic N) is 4. The highest BCUT2D eigenvalue weighted by Gasteiger charge is 2.19. The summed E-state index contributed by atoms with van der Waals surface area (Å²) in [4.78, 5) is 17.0. The molecule has 4 heterocycles. The van der Waals surface area contributed by atoms with Crippen molar-refractivity contribution in [2.45, 2.75) is 38.6 Å². The van der Waals surface area contributed by atoms with E-state index in [0.29, 0.717) is 67.9 Å². The van der Waals surface area contributed by atoms with Crippen LogP contribution in [-0.4, -0.2) is 57.1 Å². The third-order valence-corrected chi connectivity index (χ3v) is 9.56. The topological polar surface area (TPSA) is 129 Å². The van der Waals surface area contributed by atoms with Crippen molar-refractivity contribution < 1.29 is 17.2 Å². The molecule has 0 radical (unpaired) electrons. The second kappa shape index (κ2) is 12.3. The second-order valence-electron chi connectivity index (χ2n) is 12.2. The number of halogens is 2. The number of sulfone groups is 1. The highest BCUT2D eigenvalue weighted by Crippen LogP contribution is 2.34. The van der Waals surface area contributed by atoms with Gasteiger partial charge in [-0.2, -0.15) is 5.10 Å². The number of fused-ring (bicyclic) bond motifs is 2. The summed E-state index contributed by atoms with van der Waals surface area (Å²) in [7, 11) is -3.22. The molecule has 9 nitrogen and oxygen atoms in total. The van der Waals surface area contributed by atoms with E-state index in [9.17, 15) is 12.8 Å². The van der Waals surface area contributed by atoms with Gasteiger partial charge in [-0.1, -0.05) is 12.8 Å². The first kappa shape index (κ1) is 30.1. The molecule has 2 aromatic carbocycles. The van der Waals surface area contributed by atoms with Crippen LogP contribution >= 0.6 is 0 Å². The van der Waals surface area contributed by atoms with Crippen LogP contribution in [0, 0.1) is 17.6 Å². The maximum atomic E-state index is 15.4. The zero-order chi connectivity index (χ0) is 31.8. The first-order valence-corrected chi connectivity index (χ1v) is 17.4. The van der Waals surface area contributed by atoms with Gasteiger partial charge < -0.3 is 10.3 Å². The fourth-order valence-corrected chi connectivity index (χ4v) is 6.91. The van der Waals surface area contributed by atoms with Crippen LogP contribution in [0.15, 0.2) is 61.1 Å². The molecule has 0 bridgehead atoms. The van der Waals surface area contributed by atoms with E-state index in [2.05, 4.69) is 30.5 Å². The van der Waals surface area contributed by atoms with E-state index in [1.54, 1.807) is 36.8 Å². The van der Waals surface area contributed by atoms with Crippen LogP contribution in [0.5, 0.6) is 0 Å². The van der Waals surface area contributed by atoms with Crippen molar-refractivity contribution >= 4 is 31.8 Å². The van der Waals surface area contributed by atoms with Gasteiger partial charge in [0.05, 0.1) is 22.5 Å². The number of hydrogen-bond acceptors (Lipinski definition) is 7. The van der Waals surface area contributed by atoms with Crippen molar-refractivity contribution in [2.75, 3.05) is 18.6 Å². The molecule has 4 aromatic heterocycles. The Morgan fingerprint density at radius 2 is 1.78 bits per heavy atom. The monoisotopic (exact) mass is 641 g/mol. The van der Waals surface area contributed by atoms with Crippen molar-refractivity contribution in [1.82, 2.24) is 35.5 Å². The number of nitrogens with one attached hydrogen (secondary N) is 3. The third-order valence-electron chi connectivity index (χ3n) is 8.61. The largest absolute Gasteiger partial charge is 0.336 e. The number of H-pyrrole nitrogens is 2. The van der Waals surface area contributed by atoms with Crippen LogP contribution in [0.2, 0.25) is 0 Å². The summed E-state index contributed by atoms with van der Waals surface area (Å²) in [5.74, 6) is 0.177. The van der Waals surface area contributed by atoms with Crippen LogP contribution in [0.1, 0.15) is 36.8 Å². The van der Waals surface area contributed by atoms with Crippen LogP contribution in [0.3, 0.4) is 0 Å². The number of aromatic nitrogens is 6. The molecular formula is C34H33F2N7O2S.